The summed E-state index contributed by atoms with van der Waals surface area (Å²) in [6.07, 6.45) is 3.84. The van der Waals surface area contributed by atoms with Gasteiger partial charge in [-0.15, -0.1) is 0 Å². The van der Waals surface area contributed by atoms with E-state index in [1.807, 2.05) is 18.7 Å². The molecule has 2 heterocycles. The maximum atomic E-state index is 11.8. The second kappa shape index (κ2) is 6.87. The fourth-order valence-corrected chi connectivity index (χ4v) is 3.12. The van der Waals surface area contributed by atoms with Gasteiger partial charge in [-0.25, -0.2) is 13.4 Å². The highest BCUT2D eigenvalue weighted by atomic mass is 32.2. The molecular weight excluding hydrogens is 292 g/mol. The van der Waals surface area contributed by atoms with E-state index in [9.17, 15) is 8.42 Å². The molecule has 7 nitrogen and oxygen atoms in total. The van der Waals surface area contributed by atoms with Gasteiger partial charge in [0.25, 0.3) is 0 Å². The smallest absolute Gasteiger partial charge is 0.211 e. The van der Waals surface area contributed by atoms with Crippen LogP contribution in [0.3, 0.4) is 0 Å². The number of hydrogen-bond donors (Lipinski definition) is 0. The third kappa shape index (κ3) is 4.50. The maximum Gasteiger partial charge on any atom is 0.211 e. The minimum atomic E-state index is -3.18. The molecule has 8 heteroatoms. The second-order valence-corrected chi connectivity index (χ2v) is 7.62. The molecule has 0 aromatic carbocycles. The van der Waals surface area contributed by atoms with Crippen LogP contribution >= 0.6 is 0 Å². The van der Waals surface area contributed by atoms with Gasteiger partial charge in [-0.05, 0) is 20.5 Å². The van der Waals surface area contributed by atoms with Crippen LogP contribution in [0.15, 0.2) is 6.33 Å². The molecule has 0 fully saturated rings. The Bertz CT molecular complexity index is 568. The SMILES string of the molecule is CN(C)CCOCc1ncn2c1CN(S(C)(=O)=O)CCC2. The van der Waals surface area contributed by atoms with E-state index < -0.39 is 10.0 Å². The van der Waals surface area contributed by atoms with Crippen molar-refractivity contribution in [3.8, 4) is 0 Å². The fraction of sp³-hybridized carbons (Fsp3) is 0.769. The lowest BCUT2D eigenvalue weighted by molar-refractivity contribution is 0.102. The van der Waals surface area contributed by atoms with E-state index in [1.54, 1.807) is 6.33 Å². The summed E-state index contributed by atoms with van der Waals surface area (Å²) in [5.41, 5.74) is 1.78. The Labute approximate surface area is 126 Å². The second-order valence-electron chi connectivity index (χ2n) is 5.64. The van der Waals surface area contributed by atoms with Crippen LogP contribution in [0.2, 0.25) is 0 Å². The van der Waals surface area contributed by atoms with E-state index >= 15 is 0 Å². The van der Waals surface area contributed by atoms with Crippen molar-refractivity contribution in [1.82, 2.24) is 18.8 Å². The summed E-state index contributed by atoms with van der Waals surface area (Å²) in [5, 5.41) is 0. The summed E-state index contributed by atoms with van der Waals surface area (Å²) < 4.78 is 32.7. The predicted molar refractivity (Wildman–Crippen MR) is 80.3 cm³/mol. The monoisotopic (exact) mass is 316 g/mol. The zero-order chi connectivity index (χ0) is 15.5. The molecule has 0 unspecified atom stereocenters. The largest absolute Gasteiger partial charge is 0.374 e. The highest BCUT2D eigenvalue weighted by molar-refractivity contribution is 7.88. The summed E-state index contributed by atoms with van der Waals surface area (Å²) in [6.45, 7) is 3.65. The summed E-state index contributed by atoms with van der Waals surface area (Å²) >= 11 is 0. The Hall–Kier alpha value is -0.960. The minimum absolute atomic E-state index is 0.380. The van der Waals surface area contributed by atoms with Crippen molar-refractivity contribution in [2.45, 2.75) is 26.1 Å². The van der Waals surface area contributed by atoms with Crippen LogP contribution < -0.4 is 0 Å². The van der Waals surface area contributed by atoms with Gasteiger partial charge >= 0.3 is 0 Å². The number of rotatable bonds is 6. The first-order valence-electron chi connectivity index (χ1n) is 7.08. The number of sulfonamides is 1. The number of aryl methyl sites for hydroxylation is 1. The number of likely N-dealkylation sites (N-methyl/N-ethyl adjacent to an activating group) is 1. The molecule has 0 atom stereocenters. The summed E-state index contributed by atoms with van der Waals surface area (Å²) in [7, 11) is 0.814. The van der Waals surface area contributed by atoms with Crippen LogP contribution in [0.4, 0.5) is 0 Å². The van der Waals surface area contributed by atoms with Crippen molar-refractivity contribution >= 4 is 10.0 Å². The molecule has 0 aliphatic carbocycles. The molecule has 1 aliphatic rings. The van der Waals surface area contributed by atoms with Crippen molar-refractivity contribution in [1.29, 1.82) is 0 Å². The lowest BCUT2D eigenvalue weighted by Crippen LogP contribution is -2.30. The average molecular weight is 316 g/mol. The Morgan fingerprint density at radius 1 is 1.38 bits per heavy atom. The van der Waals surface area contributed by atoms with Gasteiger partial charge in [-0.1, -0.05) is 0 Å². The van der Waals surface area contributed by atoms with Gasteiger partial charge in [0.05, 0.1) is 43.7 Å². The molecule has 0 bridgehead atoms. The summed E-state index contributed by atoms with van der Waals surface area (Å²) in [4.78, 5) is 6.43. The van der Waals surface area contributed by atoms with Gasteiger partial charge in [0.2, 0.25) is 10.0 Å². The van der Waals surface area contributed by atoms with Crippen LogP contribution in [0.1, 0.15) is 17.8 Å². The number of fused-ring (bicyclic) bond motifs is 1. The lowest BCUT2D eigenvalue weighted by Gasteiger charge is -2.17. The molecule has 0 radical (unpaired) electrons. The highest BCUT2D eigenvalue weighted by Crippen LogP contribution is 2.18. The van der Waals surface area contributed by atoms with Gasteiger partial charge in [0.1, 0.15) is 0 Å². The first-order chi connectivity index (χ1) is 9.88. The molecular formula is C13H24N4O3S. The van der Waals surface area contributed by atoms with Gasteiger partial charge in [0, 0.05) is 19.6 Å². The van der Waals surface area contributed by atoms with E-state index in [4.69, 9.17) is 4.74 Å². The number of imidazole rings is 1. The van der Waals surface area contributed by atoms with E-state index in [1.165, 1.54) is 10.6 Å². The summed E-state index contributed by atoms with van der Waals surface area (Å²) in [6, 6.07) is 0. The Morgan fingerprint density at radius 3 is 2.81 bits per heavy atom. The van der Waals surface area contributed by atoms with Gasteiger partial charge < -0.3 is 14.2 Å². The van der Waals surface area contributed by atoms with Crippen molar-refractivity contribution in [3.63, 3.8) is 0 Å². The quantitative estimate of drug-likeness (QED) is 0.698. The zero-order valence-electron chi connectivity index (χ0n) is 12.9. The molecule has 2 rings (SSSR count). The van der Waals surface area contributed by atoms with Gasteiger partial charge in [-0.2, -0.15) is 4.31 Å². The molecule has 1 aromatic heterocycles. The normalized spacial score (nSPS) is 17.0. The van der Waals surface area contributed by atoms with Crippen LogP contribution in [0, 0.1) is 0 Å². The number of hydrogen-bond acceptors (Lipinski definition) is 5. The highest BCUT2D eigenvalue weighted by Gasteiger charge is 2.24. The van der Waals surface area contributed by atoms with Crippen molar-refractivity contribution < 1.29 is 13.2 Å². The van der Waals surface area contributed by atoms with Crippen molar-refractivity contribution in [3.05, 3.63) is 17.7 Å². The average Bonchev–Trinajstić information content (AvgIpc) is 2.62. The molecule has 0 amide bonds. The molecule has 1 aromatic rings. The molecule has 0 saturated heterocycles. The third-order valence-electron chi connectivity index (χ3n) is 3.56. The van der Waals surface area contributed by atoms with E-state index in [2.05, 4.69) is 9.88 Å². The Balaban J connectivity index is 2.04. The fourth-order valence-electron chi connectivity index (χ4n) is 2.31. The van der Waals surface area contributed by atoms with E-state index in [-0.39, 0.29) is 0 Å². The lowest BCUT2D eigenvalue weighted by atomic mass is 10.3. The molecule has 120 valence electrons. The topological polar surface area (TPSA) is 67.7 Å². The van der Waals surface area contributed by atoms with E-state index in [0.29, 0.717) is 26.3 Å². The molecule has 0 spiro atoms. The number of nitrogens with zero attached hydrogens (tertiary/aromatic N) is 4. The number of ether oxygens (including phenoxy) is 1. The first kappa shape index (κ1) is 16.4. The third-order valence-corrected chi connectivity index (χ3v) is 4.81. The van der Waals surface area contributed by atoms with Crippen LogP contribution in [-0.2, 0) is 34.5 Å². The maximum absolute atomic E-state index is 11.8. The van der Waals surface area contributed by atoms with Gasteiger partial charge in [-0.3, -0.25) is 0 Å². The minimum Gasteiger partial charge on any atom is -0.374 e. The first-order valence-corrected chi connectivity index (χ1v) is 8.93. The van der Waals surface area contributed by atoms with Crippen molar-refractivity contribution in [2.75, 3.05) is 40.0 Å². The molecule has 1 aliphatic heterocycles. The molecule has 0 saturated carbocycles. The predicted octanol–water partition coefficient (Wildman–Crippen LogP) is 0.127. The van der Waals surface area contributed by atoms with Crippen molar-refractivity contribution in [2.24, 2.45) is 0 Å². The Morgan fingerprint density at radius 2 is 2.14 bits per heavy atom. The number of aromatic nitrogens is 2. The van der Waals surface area contributed by atoms with Gasteiger partial charge in [0.15, 0.2) is 0 Å². The Kier molecular flexibility index (Phi) is 5.37. The zero-order valence-corrected chi connectivity index (χ0v) is 13.8. The summed E-state index contributed by atoms with van der Waals surface area (Å²) in [5.74, 6) is 0. The van der Waals surface area contributed by atoms with Crippen LogP contribution in [0.5, 0.6) is 0 Å². The standard InChI is InChI=1S/C13H24N4O3S/c1-15(2)7-8-20-10-12-13-9-17(21(3,18)19)6-4-5-16(13)11-14-12/h11H,4-10H2,1-3H3. The van der Waals surface area contributed by atoms with Crippen LogP contribution in [-0.4, -0.2) is 67.2 Å². The van der Waals surface area contributed by atoms with E-state index in [0.717, 1.165) is 30.9 Å². The molecule has 21 heavy (non-hydrogen) atoms. The van der Waals surface area contributed by atoms with Crippen LogP contribution in [0.25, 0.3) is 0 Å². The molecule has 0 N–H and O–H groups in total.